The fraction of sp³-hybridized carbons (Fsp3) is 0.250. The van der Waals surface area contributed by atoms with Crippen molar-refractivity contribution in [2.75, 3.05) is 11.9 Å². The smallest absolute Gasteiger partial charge is 0.320 e. The van der Waals surface area contributed by atoms with Crippen LogP contribution < -0.4 is 5.32 Å². The van der Waals surface area contributed by atoms with Gasteiger partial charge in [-0.05, 0) is 46.2 Å². The SMILES string of the molecule is CCCNc1ncc([N+](=O)[O-])c(Sc2ncccc2Br)n1. The fourth-order valence-electron chi connectivity index (χ4n) is 1.42. The Kier molecular flexibility index (Phi) is 5.45. The number of aromatic nitrogens is 3. The lowest BCUT2D eigenvalue weighted by molar-refractivity contribution is -0.388. The first-order chi connectivity index (χ1) is 10.1. The highest BCUT2D eigenvalue weighted by Gasteiger charge is 2.19. The minimum Gasteiger partial charge on any atom is -0.354 e. The van der Waals surface area contributed by atoms with E-state index in [0.717, 1.165) is 22.7 Å². The summed E-state index contributed by atoms with van der Waals surface area (Å²) >= 11 is 4.49. The van der Waals surface area contributed by atoms with Gasteiger partial charge in [0.05, 0.1) is 9.40 Å². The average molecular weight is 370 g/mol. The lowest BCUT2D eigenvalue weighted by Crippen LogP contribution is -2.06. The maximum atomic E-state index is 11.1. The van der Waals surface area contributed by atoms with E-state index in [1.54, 1.807) is 12.3 Å². The molecule has 110 valence electrons. The van der Waals surface area contributed by atoms with E-state index in [2.05, 4.69) is 36.2 Å². The molecule has 0 fully saturated rings. The quantitative estimate of drug-likeness (QED) is 0.472. The van der Waals surface area contributed by atoms with Gasteiger partial charge < -0.3 is 5.32 Å². The first-order valence-corrected chi connectivity index (χ1v) is 7.76. The summed E-state index contributed by atoms with van der Waals surface area (Å²) in [6, 6.07) is 3.59. The second kappa shape index (κ2) is 7.32. The monoisotopic (exact) mass is 369 g/mol. The Morgan fingerprint density at radius 1 is 1.43 bits per heavy atom. The Morgan fingerprint density at radius 3 is 2.90 bits per heavy atom. The van der Waals surface area contributed by atoms with Crippen molar-refractivity contribution in [2.45, 2.75) is 23.4 Å². The van der Waals surface area contributed by atoms with Crippen LogP contribution in [0.15, 0.2) is 39.1 Å². The molecule has 7 nitrogen and oxygen atoms in total. The summed E-state index contributed by atoms with van der Waals surface area (Å²) in [7, 11) is 0. The number of rotatable bonds is 6. The molecule has 0 saturated heterocycles. The molecular formula is C12H12BrN5O2S. The molecule has 21 heavy (non-hydrogen) atoms. The van der Waals surface area contributed by atoms with Crippen molar-refractivity contribution in [3.8, 4) is 0 Å². The summed E-state index contributed by atoms with van der Waals surface area (Å²) in [4.78, 5) is 22.9. The molecule has 2 rings (SSSR count). The average Bonchev–Trinajstić information content (AvgIpc) is 2.47. The van der Waals surface area contributed by atoms with E-state index >= 15 is 0 Å². The van der Waals surface area contributed by atoms with Gasteiger partial charge in [0.25, 0.3) is 0 Å². The summed E-state index contributed by atoms with van der Waals surface area (Å²) in [5.74, 6) is 0.372. The zero-order valence-electron chi connectivity index (χ0n) is 11.1. The Morgan fingerprint density at radius 2 is 2.24 bits per heavy atom. The van der Waals surface area contributed by atoms with Crippen LogP contribution in [0.2, 0.25) is 0 Å². The van der Waals surface area contributed by atoms with Gasteiger partial charge >= 0.3 is 5.69 Å². The van der Waals surface area contributed by atoms with E-state index in [9.17, 15) is 10.1 Å². The maximum absolute atomic E-state index is 11.1. The van der Waals surface area contributed by atoms with Crippen LogP contribution in [-0.4, -0.2) is 26.4 Å². The van der Waals surface area contributed by atoms with Crippen molar-refractivity contribution in [3.05, 3.63) is 39.1 Å². The predicted octanol–water partition coefficient (Wildman–Crippen LogP) is 3.52. The van der Waals surface area contributed by atoms with Gasteiger partial charge in [-0.1, -0.05) is 6.92 Å². The third-order valence-corrected chi connectivity index (χ3v) is 4.30. The first kappa shape index (κ1) is 15.6. The van der Waals surface area contributed by atoms with Crippen molar-refractivity contribution in [3.63, 3.8) is 0 Å². The molecular weight excluding hydrogens is 358 g/mol. The van der Waals surface area contributed by atoms with Crippen LogP contribution in [0.1, 0.15) is 13.3 Å². The van der Waals surface area contributed by atoms with Crippen LogP contribution in [0.3, 0.4) is 0 Å². The number of anilines is 1. The van der Waals surface area contributed by atoms with Crippen LogP contribution in [0.25, 0.3) is 0 Å². The molecule has 2 aromatic rings. The van der Waals surface area contributed by atoms with Gasteiger partial charge in [-0.3, -0.25) is 10.1 Å². The summed E-state index contributed by atoms with van der Waals surface area (Å²) in [6.45, 7) is 2.72. The van der Waals surface area contributed by atoms with Crippen LogP contribution in [0, 0.1) is 10.1 Å². The number of nitrogens with zero attached hydrogens (tertiary/aromatic N) is 4. The van der Waals surface area contributed by atoms with Crippen molar-refractivity contribution in [1.82, 2.24) is 15.0 Å². The first-order valence-electron chi connectivity index (χ1n) is 6.15. The summed E-state index contributed by atoms with van der Waals surface area (Å²) in [6.07, 6.45) is 3.75. The van der Waals surface area contributed by atoms with E-state index in [1.165, 1.54) is 6.20 Å². The molecule has 0 saturated carbocycles. The topological polar surface area (TPSA) is 93.8 Å². The predicted molar refractivity (Wildman–Crippen MR) is 83.5 cm³/mol. The lowest BCUT2D eigenvalue weighted by atomic mass is 10.5. The van der Waals surface area contributed by atoms with Crippen LogP contribution in [-0.2, 0) is 0 Å². The van der Waals surface area contributed by atoms with Crippen molar-refractivity contribution in [2.24, 2.45) is 0 Å². The summed E-state index contributed by atoms with van der Waals surface area (Å²) in [5.41, 5.74) is -0.139. The molecule has 2 aromatic heterocycles. The number of pyridine rings is 1. The summed E-state index contributed by atoms with van der Waals surface area (Å²) in [5, 5.41) is 15.0. The van der Waals surface area contributed by atoms with Gasteiger partial charge in [-0.2, -0.15) is 4.98 Å². The molecule has 1 N–H and O–H groups in total. The van der Waals surface area contributed by atoms with E-state index in [0.29, 0.717) is 17.5 Å². The van der Waals surface area contributed by atoms with Crippen LogP contribution >= 0.6 is 27.7 Å². The molecule has 9 heteroatoms. The Hall–Kier alpha value is -1.74. The van der Waals surface area contributed by atoms with Gasteiger partial charge in [0.2, 0.25) is 5.95 Å². The molecule has 0 aromatic carbocycles. The normalized spacial score (nSPS) is 10.4. The van der Waals surface area contributed by atoms with Crippen molar-refractivity contribution >= 4 is 39.3 Å². The Bertz CT molecular complexity index is 655. The van der Waals surface area contributed by atoms with E-state index < -0.39 is 4.92 Å². The number of hydrogen-bond acceptors (Lipinski definition) is 7. The molecule has 2 heterocycles. The van der Waals surface area contributed by atoms with Crippen LogP contribution in [0.5, 0.6) is 0 Å². The van der Waals surface area contributed by atoms with Gasteiger partial charge in [-0.25, -0.2) is 9.97 Å². The molecule has 0 radical (unpaired) electrons. The molecule has 0 aliphatic rings. The molecule has 0 aliphatic heterocycles. The highest BCUT2D eigenvalue weighted by molar-refractivity contribution is 9.10. The van der Waals surface area contributed by atoms with Crippen molar-refractivity contribution in [1.29, 1.82) is 0 Å². The third kappa shape index (κ3) is 4.11. The van der Waals surface area contributed by atoms with Gasteiger partial charge in [0.15, 0.2) is 5.03 Å². The molecule has 0 aliphatic carbocycles. The fourth-order valence-corrected chi connectivity index (χ4v) is 2.74. The van der Waals surface area contributed by atoms with E-state index in [4.69, 9.17) is 0 Å². The number of hydrogen-bond donors (Lipinski definition) is 1. The van der Waals surface area contributed by atoms with Crippen LogP contribution in [0.4, 0.5) is 11.6 Å². The van der Waals surface area contributed by atoms with E-state index in [-0.39, 0.29) is 10.7 Å². The number of nitrogens with one attached hydrogen (secondary N) is 1. The minimum absolute atomic E-state index is 0.139. The second-order valence-corrected chi connectivity index (χ2v) is 5.79. The lowest BCUT2D eigenvalue weighted by Gasteiger charge is -2.06. The van der Waals surface area contributed by atoms with Gasteiger partial charge in [-0.15, -0.1) is 0 Å². The van der Waals surface area contributed by atoms with Gasteiger partial charge in [0, 0.05) is 12.7 Å². The Balaban J connectivity index is 2.34. The zero-order chi connectivity index (χ0) is 15.2. The van der Waals surface area contributed by atoms with E-state index in [1.807, 2.05) is 13.0 Å². The summed E-state index contributed by atoms with van der Waals surface area (Å²) < 4.78 is 0.756. The van der Waals surface area contributed by atoms with Gasteiger partial charge in [0.1, 0.15) is 11.2 Å². The molecule has 0 amide bonds. The molecule has 0 unspecified atom stereocenters. The third-order valence-electron chi connectivity index (χ3n) is 2.38. The zero-order valence-corrected chi connectivity index (χ0v) is 13.5. The largest absolute Gasteiger partial charge is 0.354 e. The van der Waals surface area contributed by atoms with Crippen molar-refractivity contribution < 1.29 is 4.92 Å². The molecule has 0 spiro atoms. The second-order valence-electron chi connectivity index (χ2n) is 3.96. The molecule has 0 bridgehead atoms. The number of nitro groups is 1. The number of halogens is 1. The Labute approximate surface area is 133 Å². The maximum Gasteiger partial charge on any atom is 0.320 e. The standard InChI is InChI=1S/C12H12BrN5O2S/c1-2-5-15-12-16-7-9(18(19)20)11(17-12)21-10-8(13)4-3-6-14-10/h3-4,6-7H,2,5H2,1H3,(H,15,16,17). The minimum atomic E-state index is -0.497. The highest BCUT2D eigenvalue weighted by atomic mass is 79.9. The molecule has 0 atom stereocenters. The highest BCUT2D eigenvalue weighted by Crippen LogP contribution is 2.35.